The highest BCUT2D eigenvalue weighted by atomic mass is 16.6. The van der Waals surface area contributed by atoms with E-state index in [1.807, 2.05) is 0 Å². The zero-order valence-corrected chi connectivity index (χ0v) is 11.3. The van der Waals surface area contributed by atoms with Crippen LogP contribution >= 0.6 is 0 Å². The van der Waals surface area contributed by atoms with Crippen molar-refractivity contribution in [1.29, 1.82) is 0 Å². The van der Waals surface area contributed by atoms with E-state index in [4.69, 9.17) is 9.47 Å². The molecule has 0 spiro atoms. The first-order valence-corrected chi connectivity index (χ1v) is 7.30. The number of benzene rings is 1. The van der Waals surface area contributed by atoms with Gasteiger partial charge in [-0.25, -0.2) is 0 Å². The molecule has 3 nitrogen and oxygen atoms in total. The molecular formula is C16H22O3. The van der Waals surface area contributed by atoms with E-state index in [-0.39, 0.29) is 6.10 Å². The van der Waals surface area contributed by atoms with Crippen LogP contribution in [-0.4, -0.2) is 31.0 Å². The second-order valence-corrected chi connectivity index (χ2v) is 5.75. The van der Waals surface area contributed by atoms with Crippen LogP contribution in [0.25, 0.3) is 0 Å². The topological polar surface area (TPSA) is 38.7 Å². The number of ether oxygens (including phenoxy) is 2. The van der Waals surface area contributed by atoms with Gasteiger partial charge in [0.25, 0.3) is 0 Å². The van der Waals surface area contributed by atoms with Crippen molar-refractivity contribution in [1.82, 2.24) is 0 Å². The summed E-state index contributed by atoms with van der Waals surface area (Å²) < 4.78 is 10.9. The van der Waals surface area contributed by atoms with E-state index in [9.17, 15) is 5.11 Å². The van der Waals surface area contributed by atoms with Crippen LogP contribution in [0.4, 0.5) is 0 Å². The Bertz CT molecular complexity index is 389. The van der Waals surface area contributed by atoms with E-state index in [2.05, 4.69) is 24.3 Å². The summed E-state index contributed by atoms with van der Waals surface area (Å²) in [4.78, 5) is 0. The van der Waals surface area contributed by atoms with Crippen LogP contribution in [0.3, 0.4) is 0 Å². The second-order valence-electron chi connectivity index (χ2n) is 5.75. The van der Waals surface area contributed by atoms with E-state index >= 15 is 0 Å². The van der Waals surface area contributed by atoms with Gasteiger partial charge in [0.1, 0.15) is 11.9 Å². The summed E-state index contributed by atoms with van der Waals surface area (Å²) in [5.74, 6) is 2.13. The fourth-order valence-corrected chi connectivity index (χ4v) is 2.97. The van der Waals surface area contributed by atoms with Gasteiger partial charge < -0.3 is 14.6 Å². The number of aliphatic hydroxyl groups excluding tert-OH is 1. The molecule has 1 aromatic rings. The number of hydrogen-bond donors (Lipinski definition) is 1. The van der Waals surface area contributed by atoms with Gasteiger partial charge in [-0.2, -0.15) is 0 Å². The fraction of sp³-hybridized carbons (Fsp3) is 0.625. The van der Waals surface area contributed by atoms with E-state index in [1.165, 1.54) is 18.4 Å². The molecule has 1 saturated heterocycles. The minimum atomic E-state index is 0.242. The Kier molecular flexibility index (Phi) is 4.04. The maximum Gasteiger partial charge on any atom is 0.145 e. The second kappa shape index (κ2) is 5.93. The van der Waals surface area contributed by atoms with Crippen LogP contribution in [-0.2, 0) is 4.74 Å². The lowest BCUT2D eigenvalue weighted by molar-refractivity contribution is -0.0796. The Labute approximate surface area is 114 Å². The summed E-state index contributed by atoms with van der Waals surface area (Å²) in [5.41, 5.74) is 1.41. The summed E-state index contributed by atoms with van der Waals surface area (Å²) in [5, 5.41) is 9.17. The van der Waals surface area contributed by atoms with Crippen molar-refractivity contribution >= 4 is 0 Å². The third-order valence-electron chi connectivity index (χ3n) is 4.37. The molecule has 2 aliphatic rings. The van der Waals surface area contributed by atoms with E-state index in [0.29, 0.717) is 31.7 Å². The van der Waals surface area contributed by atoms with Gasteiger partial charge in [-0.3, -0.25) is 0 Å². The average Bonchev–Trinajstić information content (AvgIpc) is 2.44. The SMILES string of the molecule is OCC1CCC(c2ccc(OC3COC3)cc2)CC1. The van der Waals surface area contributed by atoms with Gasteiger partial charge in [0.15, 0.2) is 0 Å². The van der Waals surface area contributed by atoms with Crippen LogP contribution in [0, 0.1) is 5.92 Å². The molecule has 104 valence electrons. The molecule has 0 bridgehead atoms. The van der Waals surface area contributed by atoms with E-state index in [1.54, 1.807) is 0 Å². The third kappa shape index (κ3) is 3.10. The van der Waals surface area contributed by atoms with Gasteiger partial charge in [0.2, 0.25) is 0 Å². The molecule has 0 radical (unpaired) electrons. The molecule has 0 unspecified atom stereocenters. The monoisotopic (exact) mass is 262 g/mol. The molecule has 1 saturated carbocycles. The van der Waals surface area contributed by atoms with Crippen LogP contribution in [0.15, 0.2) is 24.3 Å². The molecule has 0 aromatic heterocycles. The van der Waals surface area contributed by atoms with Crippen LogP contribution in [0.2, 0.25) is 0 Å². The highest BCUT2D eigenvalue weighted by molar-refractivity contribution is 5.30. The lowest BCUT2D eigenvalue weighted by Gasteiger charge is -2.28. The molecule has 19 heavy (non-hydrogen) atoms. The Hall–Kier alpha value is -1.06. The molecule has 1 aliphatic heterocycles. The van der Waals surface area contributed by atoms with Crippen molar-refractivity contribution in [3.8, 4) is 5.75 Å². The predicted molar refractivity (Wildman–Crippen MR) is 73.5 cm³/mol. The lowest BCUT2D eigenvalue weighted by Crippen LogP contribution is -2.38. The smallest absolute Gasteiger partial charge is 0.145 e. The highest BCUT2D eigenvalue weighted by Crippen LogP contribution is 2.36. The van der Waals surface area contributed by atoms with Gasteiger partial charge in [0, 0.05) is 6.61 Å². The quantitative estimate of drug-likeness (QED) is 0.906. The van der Waals surface area contributed by atoms with Crippen molar-refractivity contribution in [3.63, 3.8) is 0 Å². The molecule has 1 aliphatic carbocycles. The molecular weight excluding hydrogens is 240 g/mol. The Morgan fingerprint density at radius 2 is 1.74 bits per heavy atom. The first-order chi connectivity index (χ1) is 9.35. The lowest BCUT2D eigenvalue weighted by atomic mass is 9.79. The molecule has 0 amide bonds. The van der Waals surface area contributed by atoms with Crippen molar-refractivity contribution in [2.45, 2.75) is 37.7 Å². The molecule has 1 aromatic carbocycles. The number of aliphatic hydroxyl groups is 1. The normalized spacial score (nSPS) is 27.8. The minimum absolute atomic E-state index is 0.242. The fourth-order valence-electron chi connectivity index (χ4n) is 2.97. The zero-order valence-electron chi connectivity index (χ0n) is 11.3. The van der Waals surface area contributed by atoms with Gasteiger partial charge in [0.05, 0.1) is 13.2 Å². The van der Waals surface area contributed by atoms with Gasteiger partial charge >= 0.3 is 0 Å². The molecule has 3 heteroatoms. The highest BCUT2D eigenvalue weighted by Gasteiger charge is 2.22. The number of rotatable bonds is 4. The van der Waals surface area contributed by atoms with Crippen molar-refractivity contribution in [3.05, 3.63) is 29.8 Å². The van der Waals surface area contributed by atoms with Crippen LogP contribution in [0.5, 0.6) is 5.75 Å². The van der Waals surface area contributed by atoms with Crippen LogP contribution in [0.1, 0.15) is 37.2 Å². The Balaban J connectivity index is 1.56. The van der Waals surface area contributed by atoms with Crippen molar-refractivity contribution < 1.29 is 14.6 Å². The van der Waals surface area contributed by atoms with Crippen LogP contribution < -0.4 is 4.74 Å². The molecule has 3 rings (SSSR count). The van der Waals surface area contributed by atoms with Gasteiger partial charge in [-0.15, -0.1) is 0 Å². The molecule has 1 heterocycles. The summed E-state index contributed by atoms with van der Waals surface area (Å²) >= 11 is 0. The summed E-state index contributed by atoms with van der Waals surface area (Å²) in [7, 11) is 0. The maximum atomic E-state index is 9.17. The largest absolute Gasteiger partial charge is 0.486 e. The third-order valence-corrected chi connectivity index (χ3v) is 4.37. The zero-order chi connectivity index (χ0) is 13.1. The van der Waals surface area contributed by atoms with Gasteiger partial charge in [-0.05, 0) is 55.2 Å². The predicted octanol–water partition coefficient (Wildman–Crippen LogP) is 2.73. The molecule has 0 atom stereocenters. The summed E-state index contributed by atoms with van der Waals surface area (Å²) in [6.45, 7) is 1.78. The number of hydrogen-bond acceptors (Lipinski definition) is 3. The molecule has 1 N–H and O–H groups in total. The minimum Gasteiger partial charge on any atom is -0.486 e. The standard InChI is InChI=1S/C16H22O3/c17-9-12-1-3-13(4-2-12)14-5-7-15(8-6-14)19-16-10-18-11-16/h5-8,12-13,16-17H,1-4,9-11H2. The summed E-state index contributed by atoms with van der Waals surface area (Å²) in [6, 6.07) is 8.54. The van der Waals surface area contributed by atoms with Crippen molar-refractivity contribution in [2.24, 2.45) is 5.92 Å². The van der Waals surface area contributed by atoms with Crippen molar-refractivity contribution in [2.75, 3.05) is 19.8 Å². The maximum absolute atomic E-state index is 9.17. The van der Waals surface area contributed by atoms with E-state index < -0.39 is 0 Å². The Morgan fingerprint density at radius 3 is 2.26 bits per heavy atom. The molecule has 2 fully saturated rings. The Morgan fingerprint density at radius 1 is 1.05 bits per heavy atom. The first-order valence-electron chi connectivity index (χ1n) is 7.30. The van der Waals surface area contributed by atoms with Gasteiger partial charge in [-0.1, -0.05) is 12.1 Å². The first kappa shape index (κ1) is 12.9. The van der Waals surface area contributed by atoms with E-state index in [0.717, 1.165) is 18.6 Å². The summed E-state index contributed by atoms with van der Waals surface area (Å²) in [6.07, 6.45) is 4.94. The average molecular weight is 262 g/mol.